The summed E-state index contributed by atoms with van der Waals surface area (Å²) in [7, 11) is 0. The van der Waals surface area contributed by atoms with Crippen LogP contribution in [0.1, 0.15) is 49.4 Å². The van der Waals surface area contributed by atoms with Crippen molar-refractivity contribution in [3.63, 3.8) is 0 Å². The molecule has 1 aliphatic rings. The summed E-state index contributed by atoms with van der Waals surface area (Å²) < 4.78 is 0. The van der Waals surface area contributed by atoms with Gasteiger partial charge in [-0.05, 0) is 18.3 Å². The summed E-state index contributed by atoms with van der Waals surface area (Å²) in [5, 5.41) is 22.9. The Bertz CT molecular complexity index is 553. The van der Waals surface area contributed by atoms with Crippen LogP contribution < -0.4 is 5.32 Å². The van der Waals surface area contributed by atoms with Gasteiger partial charge in [0, 0.05) is 12.6 Å². The first-order chi connectivity index (χ1) is 9.91. The molecular formula is C14H19N3O4. The van der Waals surface area contributed by atoms with E-state index in [4.69, 9.17) is 5.11 Å². The Hall–Kier alpha value is -2.18. The summed E-state index contributed by atoms with van der Waals surface area (Å²) in [6.07, 6.45) is 6.90. The van der Waals surface area contributed by atoms with E-state index in [0.717, 1.165) is 19.0 Å². The van der Waals surface area contributed by atoms with Crippen LogP contribution in [0.4, 0.5) is 11.5 Å². The topological polar surface area (TPSA) is 105 Å². The van der Waals surface area contributed by atoms with Crippen molar-refractivity contribution in [1.82, 2.24) is 4.98 Å². The Morgan fingerprint density at radius 3 is 2.71 bits per heavy atom. The standard InChI is InChI=1S/C14H19N3O4/c1-14(5-3-2-4-6-14)9-16-12-7-10(13(18)19)11(8-15-12)17(20)21/h7-8H,2-6,9H2,1H3,(H,15,16)(H,18,19). The van der Waals surface area contributed by atoms with Crippen LogP contribution >= 0.6 is 0 Å². The minimum atomic E-state index is -1.32. The molecule has 0 amide bonds. The van der Waals surface area contributed by atoms with Gasteiger partial charge in [0.25, 0.3) is 0 Å². The van der Waals surface area contributed by atoms with Gasteiger partial charge < -0.3 is 10.4 Å². The van der Waals surface area contributed by atoms with Gasteiger partial charge in [-0.1, -0.05) is 26.2 Å². The highest BCUT2D eigenvalue weighted by Gasteiger charge is 2.27. The molecule has 1 saturated carbocycles. The third kappa shape index (κ3) is 3.68. The largest absolute Gasteiger partial charge is 0.477 e. The fourth-order valence-corrected chi connectivity index (χ4v) is 2.75. The van der Waals surface area contributed by atoms with Crippen LogP contribution in [-0.4, -0.2) is 27.5 Å². The van der Waals surface area contributed by atoms with Crippen molar-refractivity contribution in [1.29, 1.82) is 0 Å². The van der Waals surface area contributed by atoms with Crippen molar-refractivity contribution in [3.8, 4) is 0 Å². The van der Waals surface area contributed by atoms with Gasteiger partial charge in [0.1, 0.15) is 17.6 Å². The maximum absolute atomic E-state index is 11.1. The number of carboxylic acid groups (broad SMARTS) is 1. The molecule has 114 valence electrons. The number of rotatable bonds is 5. The number of aromatic carboxylic acids is 1. The Labute approximate surface area is 122 Å². The minimum absolute atomic E-state index is 0.172. The van der Waals surface area contributed by atoms with Gasteiger partial charge in [0.15, 0.2) is 0 Å². The lowest BCUT2D eigenvalue weighted by molar-refractivity contribution is -0.385. The quantitative estimate of drug-likeness (QED) is 0.638. The number of hydrogen-bond acceptors (Lipinski definition) is 5. The maximum Gasteiger partial charge on any atom is 0.342 e. The zero-order valence-electron chi connectivity index (χ0n) is 12.0. The molecule has 1 fully saturated rings. The molecule has 0 saturated heterocycles. The molecule has 7 heteroatoms. The molecule has 0 aliphatic heterocycles. The molecular weight excluding hydrogens is 274 g/mol. The molecule has 7 nitrogen and oxygen atoms in total. The molecule has 2 rings (SSSR count). The molecule has 0 atom stereocenters. The average molecular weight is 293 g/mol. The zero-order chi connectivity index (χ0) is 15.5. The number of carboxylic acids is 1. The van der Waals surface area contributed by atoms with E-state index in [1.54, 1.807) is 0 Å². The van der Waals surface area contributed by atoms with Crippen molar-refractivity contribution in [3.05, 3.63) is 27.9 Å². The summed E-state index contributed by atoms with van der Waals surface area (Å²) in [5.74, 6) is -0.958. The minimum Gasteiger partial charge on any atom is -0.477 e. The van der Waals surface area contributed by atoms with Gasteiger partial charge in [-0.3, -0.25) is 10.1 Å². The second kappa shape index (κ2) is 6.07. The number of anilines is 1. The normalized spacial score (nSPS) is 17.2. The van der Waals surface area contributed by atoms with Crippen LogP contribution in [0, 0.1) is 15.5 Å². The smallest absolute Gasteiger partial charge is 0.342 e. The SMILES string of the molecule is CC1(CNc2cc(C(=O)O)c([N+](=O)[O-])cn2)CCCCC1. The molecule has 0 unspecified atom stereocenters. The first-order valence-corrected chi connectivity index (χ1v) is 7.03. The van der Waals surface area contributed by atoms with Gasteiger partial charge in [-0.2, -0.15) is 0 Å². The second-order valence-electron chi connectivity index (χ2n) is 5.87. The summed E-state index contributed by atoms with van der Waals surface area (Å²) in [6.45, 7) is 2.89. The highest BCUT2D eigenvalue weighted by molar-refractivity contribution is 5.93. The van der Waals surface area contributed by atoms with Crippen LogP contribution in [0.3, 0.4) is 0 Å². The van der Waals surface area contributed by atoms with E-state index < -0.39 is 16.6 Å². The first-order valence-electron chi connectivity index (χ1n) is 7.03. The number of hydrogen-bond donors (Lipinski definition) is 2. The van der Waals surface area contributed by atoms with Gasteiger partial charge in [0.05, 0.1) is 4.92 Å². The third-order valence-electron chi connectivity index (χ3n) is 4.07. The number of pyridine rings is 1. The first kappa shape index (κ1) is 15.2. The summed E-state index contributed by atoms with van der Waals surface area (Å²) in [5.41, 5.74) is -0.659. The van der Waals surface area contributed by atoms with Crippen molar-refractivity contribution in [2.75, 3.05) is 11.9 Å². The Morgan fingerprint density at radius 1 is 1.48 bits per heavy atom. The van der Waals surface area contributed by atoms with E-state index in [0.29, 0.717) is 12.4 Å². The van der Waals surface area contributed by atoms with E-state index >= 15 is 0 Å². The van der Waals surface area contributed by atoms with Gasteiger partial charge in [-0.25, -0.2) is 9.78 Å². The van der Waals surface area contributed by atoms with E-state index in [1.807, 2.05) is 0 Å². The molecule has 0 spiro atoms. The van der Waals surface area contributed by atoms with Crippen LogP contribution in [0.15, 0.2) is 12.3 Å². The van der Waals surface area contributed by atoms with E-state index in [9.17, 15) is 14.9 Å². The molecule has 1 aliphatic carbocycles. The van der Waals surface area contributed by atoms with Gasteiger partial charge in [0.2, 0.25) is 0 Å². The fourth-order valence-electron chi connectivity index (χ4n) is 2.75. The lowest BCUT2D eigenvalue weighted by Crippen LogP contribution is -2.29. The molecule has 2 N–H and O–H groups in total. The highest BCUT2D eigenvalue weighted by atomic mass is 16.6. The number of carbonyl (C=O) groups is 1. The number of nitrogens with one attached hydrogen (secondary N) is 1. The van der Waals surface area contributed by atoms with Crippen LogP contribution in [-0.2, 0) is 0 Å². The van der Waals surface area contributed by atoms with E-state index in [2.05, 4.69) is 17.2 Å². The molecule has 0 radical (unpaired) electrons. The predicted octanol–water partition coefficient (Wildman–Crippen LogP) is 3.07. The monoisotopic (exact) mass is 293 g/mol. The van der Waals surface area contributed by atoms with Crippen molar-refractivity contribution in [2.45, 2.75) is 39.0 Å². The summed E-state index contributed by atoms with van der Waals surface area (Å²) in [4.78, 5) is 25.1. The molecule has 1 heterocycles. The maximum atomic E-state index is 11.1. The van der Waals surface area contributed by atoms with Crippen LogP contribution in [0.2, 0.25) is 0 Å². The highest BCUT2D eigenvalue weighted by Crippen LogP contribution is 2.35. The second-order valence-corrected chi connectivity index (χ2v) is 5.87. The summed E-state index contributed by atoms with van der Waals surface area (Å²) >= 11 is 0. The number of nitro groups is 1. The lowest BCUT2D eigenvalue weighted by Gasteiger charge is -2.33. The Kier molecular flexibility index (Phi) is 4.40. The Morgan fingerprint density at radius 2 is 2.14 bits per heavy atom. The lowest BCUT2D eigenvalue weighted by atomic mass is 9.76. The third-order valence-corrected chi connectivity index (χ3v) is 4.07. The van der Waals surface area contributed by atoms with Gasteiger partial charge >= 0.3 is 11.7 Å². The summed E-state index contributed by atoms with van der Waals surface area (Å²) in [6, 6.07) is 1.23. The van der Waals surface area contributed by atoms with E-state index in [-0.39, 0.29) is 11.0 Å². The Balaban J connectivity index is 2.12. The van der Waals surface area contributed by atoms with E-state index in [1.165, 1.54) is 25.3 Å². The van der Waals surface area contributed by atoms with Crippen LogP contribution in [0.5, 0.6) is 0 Å². The predicted molar refractivity (Wildman–Crippen MR) is 77.5 cm³/mol. The fraction of sp³-hybridized carbons (Fsp3) is 0.571. The average Bonchev–Trinajstić information content (AvgIpc) is 2.45. The number of aromatic nitrogens is 1. The van der Waals surface area contributed by atoms with Crippen molar-refractivity contribution >= 4 is 17.5 Å². The van der Waals surface area contributed by atoms with Gasteiger partial charge in [-0.15, -0.1) is 0 Å². The molecule has 1 aromatic heterocycles. The number of nitrogens with zero attached hydrogens (tertiary/aromatic N) is 2. The zero-order valence-corrected chi connectivity index (χ0v) is 12.0. The molecule has 0 bridgehead atoms. The molecule has 21 heavy (non-hydrogen) atoms. The van der Waals surface area contributed by atoms with Crippen molar-refractivity contribution in [2.24, 2.45) is 5.41 Å². The van der Waals surface area contributed by atoms with Crippen LogP contribution in [0.25, 0.3) is 0 Å². The molecule has 0 aromatic carbocycles. The molecule has 1 aromatic rings. The van der Waals surface area contributed by atoms with Crippen molar-refractivity contribution < 1.29 is 14.8 Å².